The van der Waals surface area contributed by atoms with Gasteiger partial charge in [-0.15, -0.1) is 0 Å². The fourth-order valence-electron chi connectivity index (χ4n) is 2.89. The molecule has 0 aliphatic rings. The topological polar surface area (TPSA) is 83.8 Å². The Kier molecular flexibility index (Phi) is 4.06. The summed E-state index contributed by atoms with van der Waals surface area (Å²) in [5, 5.41) is 9.49. The van der Waals surface area contributed by atoms with Crippen LogP contribution in [0.25, 0.3) is 22.6 Å². The molecule has 0 amide bonds. The van der Waals surface area contributed by atoms with Gasteiger partial charge >= 0.3 is 5.69 Å². The van der Waals surface area contributed by atoms with Crippen molar-refractivity contribution in [3.05, 3.63) is 82.2 Å². The van der Waals surface area contributed by atoms with Crippen LogP contribution in [0.15, 0.2) is 59.5 Å². The van der Waals surface area contributed by atoms with Crippen LogP contribution in [0, 0.1) is 5.82 Å². The van der Waals surface area contributed by atoms with E-state index in [1.54, 1.807) is 18.3 Å². The van der Waals surface area contributed by atoms with Crippen LogP contribution in [0.5, 0.6) is 0 Å². The van der Waals surface area contributed by atoms with Crippen LogP contribution in [0.4, 0.5) is 4.39 Å². The number of fused-ring (bicyclic) bond motifs is 1. The summed E-state index contributed by atoms with van der Waals surface area (Å²) in [7, 11) is 0. The Bertz CT molecular complexity index is 1130. The number of nitrogens with one attached hydrogen (secondary N) is 1. The first kappa shape index (κ1) is 16.2. The minimum atomic E-state index is -0.336. The number of aromatic nitrogens is 4. The smallest absolute Gasteiger partial charge is 0.329 e. The normalized spacial score (nSPS) is 11.2. The SMILES string of the molecule is O=c1[nH]c2nc(-c3ccccc3CO)cnc2n1Cc1ccc(F)cc1. The standard InChI is InChI=1S/C19H15FN4O2/c20-14-7-5-12(6-8-14)10-24-18-17(23-19(24)26)22-16(9-21-18)15-4-2-1-3-13(15)11-25/h1-9,25H,10-11H2,(H,22,23,26). The lowest BCUT2D eigenvalue weighted by Crippen LogP contribution is -2.17. The minimum absolute atomic E-state index is 0.113. The van der Waals surface area contributed by atoms with Crippen molar-refractivity contribution in [2.75, 3.05) is 0 Å². The van der Waals surface area contributed by atoms with E-state index in [0.717, 1.165) is 16.7 Å². The zero-order valence-corrected chi connectivity index (χ0v) is 13.7. The Balaban J connectivity index is 1.77. The molecule has 7 heteroatoms. The van der Waals surface area contributed by atoms with E-state index in [1.165, 1.54) is 16.7 Å². The Labute approximate surface area is 147 Å². The van der Waals surface area contributed by atoms with E-state index < -0.39 is 0 Å². The summed E-state index contributed by atoms with van der Waals surface area (Å²) >= 11 is 0. The lowest BCUT2D eigenvalue weighted by Gasteiger charge is -2.07. The number of aromatic amines is 1. The highest BCUT2D eigenvalue weighted by Crippen LogP contribution is 2.22. The second-order valence-electron chi connectivity index (χ2n) is 5.89. The van der Waals surface area contributed by atoms with Crippen molar-refractivity contribution >= 4 is 11.3 Å². The summed E-state index contributed by atoms with van der Waals surface area (Å²) in [6.45, 7) is 0.151. The van der Waals surface area contributed by atoms with Gasteiger partial charge in [-0.2, -0.15) is 0 Å². The van der Waals surface area contributed by atoms with Gasteiger partial charge < -0.3 is 5.11 Å². The molecule has 2 aromatic heterocycles. The minimum Gasteiger partial charge on any atom is -0.392 e. The lowest BCUT2D eigenvalue weighted by atomic mass is 10.1. The molecule has 0 spiro atoms. The molecule has 2 N–H and O–H groups in total. The third-order valence-electron chi connectivity index (χ3n) is 4.20. The van der Waals surface area contributed by atoms with Crippen LogP contribution >= 0.6 is 0 Å². The fraction of sp³-hybridized carbons (Fsp3) is 0.105. The van der Waals surface area contributed by atoms with Gasteiger partial charge in [-0.1, -0.05) is 36.4 Å². The van der Waals surface area contributed by atoms with Gasteiger partial charge in [0, 0.05) is 5.56 Å². The highest BCUT2D eigenvalue weighted by molar-refractivity contribution is 5.72. The molecule has 6 nitrogen and oxygen atoms in total. The van der Waals surface area contributed by atoms with Crippen LogP contribution in [0.3, 0.4) is 0 Å². The summed E-state index contributed by atoms with van der Waals surface area (Å²) in [5.74, 6) is -0.327. The number of benzene rings is 2. The van der Waals surface area contributed by atoms with E-state index >= 15 is 0 Å². The second-order valence-corrected chi connectivity index (χ2v) is 5.89. The summed E-state index contributed by atoms with van der Waals surface area (Å²) in [5.41, 5.74) is 3.29. The van der Waals surface area contributed by atoms with Crippen molar-refractivity contribution < 1.29 is 9.50 Å². The maximum Gasteiger partial charge on any atom is 0.329 e. The van der Waals surface area contributed by atoms with Gasteiger partial charge in [-0.25, -0.2) is 19.2 Å². The van der Waals surface area contributed by atoms with Crippen LogP contribution < -0.4 is 5.69 Å². The van der Waals surface area contributed by atoms with Crippen molar-refractivity contribution in [1.29, 1.82) is 0 Å². The molecular weight excluding hydrogens is 335 g/mol. The molecule has 26 heavy (non-hydrogen) atoms. The third kappa shape index (κ3) is 2.89. The summed E-state index contributed by atoms with van der Waals surface area (Å²) in [6, 6.07) is 13.3. The first-order chi connectivity index (χ1) is 12.7. The Morgan fingerprint density at radius 1 is 1.12 bits per heavy atom. The predicted octanol–water partition coefficient (Wildman–Crippen LogP) is 2.47. The van der Waals surface area contributed by atoms with Crippen LogP contribution in [0.1, 0.15) is 11.1 Å². The number of imidazole rings is 1. The average Bonchev–Trinajstić information content (AvgIpc) is 2.98. The number of H-pyrrole nitrogens is 1. The summed E-state index contributed by atoms with van der Waals surface area (Å²) in [6.07, 6.45) is 1.57. The van der Waals surface area contributed by atoms with E-state index in [2.05, 4.69) is 15.0 Å². The number of nitrogens with zero attached hydrogens (tertiary/aromatic N) is 3. The van der Waals surface area contributed by atoms with Gasteiger partial charge in [0.1, 0.15) is 5.82 Å². The quantitative estimate of drug-likeness (QED) is 0.592. The zero-order valence-electron chi connectivity index (χ0n) is 13.7. The van der Waals surface area contributed by atoms with Gasteiger partial charge in [0.2, 0.25) is 0 Å². The number of halogens is 1. The monoisotopic (exact) mass is 350 g/mol. The van der Waals surface area contributed by atoms with E-state index in [4.69, 9.17) is 0 Å². The predicted molar refractivity (Wildman–Crippen MR) is 95.0 cm³/mol. The maximum absolute atomic E-state index is 13.1. The Morgan fingerprint density at radius 3 is 2.65 bits per heavy atom. The third-order valence-corrected chi connectivity index (χ3v) is 4.20. The van der Waals surface area contributed by atoms with Crippen LogP contribution in [-0.2, 0) is 13.2 Å². The number of aliphatic hydroxyl groups excluding tert-OH is 1. The Hall–Kier alpha value is -3.32. The van der Waals surface area contributed by atoms with Crippen LogP contribution in [0.2, 0.25) is 0 Å². The van der Waals surface area contributed by atoms with Gasteiger partial charge in [0.15, 0.2) is 11.3 Å². The maximum atomic E-state index is 13.1. The molecule has 0 aliphatic heterocycles. The lowest BCUT2D eigenvalue weighted by molar-refractivity contribution is 0.282. The number of aliphatic hydroxyl groups is 1. The molecule has 130 valence electrons. The van der Waals surface area contributed by atoms with E-state index in [9.17, 15) is 14.3 Å². The summed E-state index contributed by atoms with van der Waals surface area (Å²) in [4.78, 5) is 23.9. The van der Waals surface area contributed by atoms with E-state index in [1.807, 2.05) is 24.3 Å². The molecule has 2 aromatic carbocycles. The highest BCUT2D eigenvalue weighted by Gasteiger charge is 2.13. The molecule has 0 unspecified atom stereocenters. The van der Waals surface area contributed by atoms with E-state index in [-0.39, 0.29) is 24.7 Å². The molecule has 0 aliphatic carbocycles. The molecule has 2 heterocycles. The molecule has 4 rings (SSSR count). The fourth-order valence-corrected chi connectivity index (χ4v) is 2.89. The first-order valence-corrected chi connectivity index (χ1v) is 8.05. The first-order valence-electron chi connectivity index (χ1n) is 8.05. The van der Waals surface area contributed by atoms with Crippen molar-refractivity contribution in [3.8, 4) is 11.3 Å². The van der Waals surface area contributed by atoms with Gasteiger partial charge in [-0.05, 0) is 23.3 Å². The van der Waals surface area contributed by atoms with Crippen LogP contribution in [-0.4, -0.2) is 24.6 Å². The van der Waals surface area contributed by atoms with Crippen molar-refractivity contribution in [1.82, 2.24) is 19.5 Å². The molecule has 0 bridgehead atoms. The summed E-state index contributed by atoms with van der Waals surface area (Å²) < 4.78 is 14.5. The molecule has 4 aromatic rings. The molecule has 0 atom stereocenters. The molecule has 0 radical (unpaired) electrons. The highest BCUT2D eigenvalue weighted by atomic mass is 19.1. The van der Waals surface area contributed by atoms with Gasteiger partial charge in [-0.3, -0.25) is 9.55 Å². The molecule has 0 saturated carbocycles. The van der Waals surface area contributed by atoms with Crippen molar-refractivity contribution in [2.24, 2.45) is 0 Å². The molecule has 0 fully saturated rings. The average molecular weight is 350 g/mol. The number of hydrogen-bond donors (Lipinski definition) is 2. The van der Waals surface area contributed by atoms with Crippen molar-refractivity contribution in [2.45, 2.75) is 13.2 Å². The van der Waals surface area contributed by atoms with Gasteiger partial charge in [0.05, 0.1) is 25.0 Å². The van der Waals surface area contributed by atoms with Gasteiger partial charge in [0.25, 0.3) is 0 Å². The van der Waals surface area contributed by atoms with Crippen molar-refractivity contribution in [3.63, 3.8) is 0 Å². The largest absolute Gasteiger partial charge is 0.392 e. The van der Waals surface area contributed by atoms with E-state index in [0.29, 0.717) is 17.0 Å². The Morgan fingerprint density at radius 2 is 1.88 bits per heavy atom. The second kappa shape index (κ2) is 6.53. The number of rotatable bonds is 4. The molecule has 0 saturated heterocycles. The number of hydrogen-bond acceptors (Lipinski definition) is 4. The zero-order chi connectivity index (χ0) is 18.1. The molecular formula is C19H15FN4O2.